The molecular formula is C52H98O14. The van der Waals surface area contributed by atoms with E-state index in [1.54, 1.807) is 0 Å². The molecule has 66 heavy (non-hydrogen) atoms. The van der Waals surface area contributed by atoms with Crippen molar-refractivity contribution in [3.8, 4) is 0 Å². The molecule has 0 bridgehead atoms. The lowest BCUT2D eigenvalue weighted by Crippen LogP contribution is -2.61. The Kier molecular flexibility index (Phi) is 37.3. The topological polar surface area (TPSA) is 214 Å². The van der Waals surface area contributed by atoms with Crippen molar-refractivity contribution in [3.63, 3.8) is 0 Å². The lowest BCUT2D eigenvalue weighted by atomic mass is 9.98. The van der Waals surface area contributed by atoms with Crippen molar-refractivity contribution < 1.29 is 69.0 Å². The summed E-state index contributed by atoms with van der Waals surface area (Å²) in [4.78, 5) is 13.0. The second kappa shape index (κ2) is 40.5. The molecule has 0 saturated carbocycles. The molecule has 2 heterocycles. The maximum Gasteiger partial charge on any atom is 0.306 e. The van der Waals surface area contributed by atoms with E-state index in [9.17, 15) is 40.5 Å². The fourth-order valence-corrected chi connectivity index (χ4v) is 8.63. The summed E-state index contributed by atoms with van der Waals surface area (Å²) < 4.78 is 34.3. The number of allylic oxidation sites excluding steroid dienone is 2. The summed E-state index contributed by atoms with van der Waals surface area (Å²) in [5.74, 6) is -0.374. The van der Waals surface area contributed by atoms with Crippen LogP contribution >= 0.6 is 0 Å². The molecule has 2 fully saturated rings. The van der Waals surface area contributed by atoms with Crippen molar-refractivity contribution in [1.29, 1.82) is 0 Å². The predicted molar refractivity (Wildman–Crippen MR) is 257 cm³/mol. The van der Waals surface area contributed by atoms with E-state index in [0.717, 1.165) is 44.9 Å². The van der Waals surface area contributed by atoms with Crippen molar-refractivity contribution in [3.05, 3.63) is 12.2 Å². The summed E-state index contributed by atoms with van der Waals surface area (Å²) in [5, 5.41) is 72.1. The summed E-state index contributed by atoms with van der Waals surface area (Å²) in [6.45, 7) is 3.71. The van der Waals surface area contributed by atoms with Gasteiger partial charge in [0.2, 0.25) is 0 Å². The molecule has 0 aliphatic carbocycles. The minimum absolute atomic E-state index is 0.0629. The fourth-order valence-electron chi connectivity index (χ4n) is 8.63. The lowest BCUT2D eigenvalue weighted by molar-refractivity contribution is -0.332. The maximum absolute atomic E-state index is 13.0. The average Bonchev–Trinajstić information content (AvgIpc) is 3.31. The first-order chi connectivity index (χ1) is 32.1. The molecule has 0 radical (unpaired) electrons. The average molecular weight is 947 g/mol. The summed E-state index contributed by atoms with van der Waals surface area (Å²) in [6, 6.07) is 0. The molecule has 7 N–H and O–H groups in total. The number of esters is 1. The van der Waals surface area contributed by atoms with E-state index >= 15 is 0 Å². The van der Waals surface area contributed by atoms with E-state index < -0.39 is 80.7 Å². The van der Waals surface area contributed by atoms with Crippen molar-refractivity contribution in [1.82, 2.24) is 0 Å². The van der Waals surface area contributed by atoms with Gasteiger partial charge >= 0.3 is 5.97 Å². The third kappa shape index (κ3) is 27.8. The van der Waals surface area contributed by atoms with Crippen LogP contribution in [0, 0.1) is 0 Å². The van der Waals surface area contributed by atoms with Gasteiger partial charge in [0.1, 0.15) is 54.9 Å². The highest BCUT2D eigenvalue weighted by molar-refractivity contribution is 5.69. The Labute approximate surface area is 399 Å². The quantitative estimate of drug-likeness (QED) is 0.0174. The summed E-state index contributed by atoms with van der Waals surface area (Å²) >= 11 is 0. The standard InChI is InChI=1S/C52H98O14/c1-3-5-7-9-11-13-15-17-19-20-22-24-26-28-30-32-34-36-61-38-41(64-44(54)35-33-31-29-27-25-23-21-18-16-14-12-10-8-6-4-2)39-62-51-50(60)48(58)46(56)43(66-51)40-63-52-49(59)47(57)45(55)42(37-53)65-52/h19-20,41-43,45-53,55-60H,3-18,21-40H2,1-2H3/b20-19-. The third-order valence-corrected chi connectivity index (χ3v) is 13.0. The molecule has 390 valence electrons. The number of aliphatic hydroxyl groups excluding tert-OH is 7. The van der Waals surface area contributed by atoms with Gasteiger partial charge in [-0.05, 0) is 38.5 Å². The van der Waals surface area contributed by atoms with Gasteiger partial charge in [0.05, 0.1) is 26.4 Å². The third-order valence-electron chi connectivity index (χ3n) is 13.0. The molecule has 0 aromatic heterocycles. The van der Waals surface area contributed by atoms with Crippen LogP contribution in [0.25, 0.3) is 0 Å². The van der Waals surface area contributed by atoms with Gasteiger partial charge in [-0.1, -0.05) is 180 Å². The summed E-state index contributed by atoms with van der Waals surface area (Å²) in [7, 11) is 0. The van der Waals surface area contributed by atoms with Crippen LogP contribution in [0.3, 0.4) is 0 Å². The second-order valence-electron chi connectivity index (χ2n) is 19.1. The lowest BCUT2D eigenvalue weighted by Gasteiger charge is -2.42. The van der Waals surface area contributed by atoms with Gasteiger partial charge in [0, 0.05) is 13.0 Å². The highest BCUT2D eigenvalue weighted by Crippen LogP contribution is 2.26. The molecule has 0 aromatic rings. The summed E-state index contributed by atoms with van der Waals surface area (Å²) in [6.07, 6.45) is 25.5. The molecule has 11 unspecified atom stereocenters. The molecule has 14 heteroatoms. The number of hydrogen-bond donors (Lipinski definition) is 7. The number of hydrogen-bond acceptors (Lipinski definition) is 14. The number of ether oxygens (including phenoxy) is 6. The van der Waals surface area contributed by atoms with Gasteiger partial charge in [0.15, 0.2) is 12.6 Å². The predicted octanol–water partition coefficient (Wildman–Crippen LogP) is 8.24. The van der Waals surface area contributed by atoms with E-state index in [2.05, 4.69) is 26.0 Å². The normalized spacial score (nSPS) is 26.3. The number of rotatable bonds is 43. The first kappa shape index (κ1) is 60.9. The largest absolute Gasteiger partial charge is 0.457 e. The molecular weight excluding hydrogens is 849 g/mol. The van der Waals surface area contributed by atoms with Crippen LogP contribution in [0.4, 0.5) is 0 Å². The van der Waals surface area contributed by atoms with E-state index in [0.29, 0.717) is 13.0 Å². The van der Waals surface area contributed by atoms with Crippen molar-refractivity contribution in [2.45, 2.75) is 280 Å². The molecule has 2 aliphatic heterocycles. The van der Waals surface area contributed by atoms with Gasteiger partial charge in [-0.25, -0.2) is 0 Å². The highest BCUT2D eigenvalue weighted by atomic mass is 16.7. The van der Waals surface area contributed by atoms with Crippen LogP contribution < -0.4 is 0 Å². The van der Waals surface area contributed by atoms with Crippen LogP contribution in [0.1, 0.15) is 213 Å². The van der Waals surface area contributed by atoms with Gasteiger partial charge < -0.3 is 64.2 Å². The molecule has 2 rings (SSSR count). The highest BCUT2D eigenvalue weighted by Gasteiger charge is 2.47. The van der Waals surface area contributed by atoms with Gasteiger partial charge in [-0.2, -0.15) is 0 Å². The minimum Gasteiger partial charge on any atom is -0.457 e. The van der Waals surface area contributed by atoms with Crippen LogP contribution in [0.15, 0.2) is 12.2 Å². The maximum atomic E-state index is 13.0. The van der Waals surface area contributed by atoms with E-state index in [1.807, 2.05) is 0 Å². The Hall–Kier alpha value is -1.27. The van der Waals surface area contributed by atoms with Crippen LogP contribution in [-0.2, 0) is 33.2 Å². The molecule has 0 amide bonds. The molecule has 0 spiro atoms. The molecule has 0 aromatic carbocycles. The van der Waals surface area contributed by atoms with Gasteiger partial charge in [-0.3, -0.25) is 4.79 Å². The van der Waals surface area contributed by atoms with E-state index in [1.165, 1.54) is 141 Å². The molecule has 11 atom stereocenters. The van der Waals surface area contributed by atoms with Crippen molar-refractivity contribution >= 4 is 5.97 Å². The Morgan fingerprint density at radius 3 is 1.38 bits per heavy atom. The van der Waals surface area contributed by atoms with E-state index in [4.69, 9.17) is 28.4 Å². The SMILES string of the molecule is CCCCCCCCC/C=C\CCCCCCCCOCC(COC1OC(COC2OC(CO)C(O)C(O)C2O)C(O)C(O)C1O)OC(=O)CCCCCCCCCCCCCCCCC. The fraction of sp³-hybridized carbons (Fsp3) is 0.942. The number of carbonyl (C=O) groups excluding carboxylic acids is 1. The molecule has 2 saturated heterocycles. The Balaban J connectivity index is 1.75. The van der Waals surface area contributed by atoms with Crippen LogP contribution in [0.2, 0.25) is 0 Å². The minimum atomic E-state index is -1.70. The van der Waals surface area contributed by atoms with Gasteiger partial charge in [-0.15, -0.1) is 0 Å². The Morgan fingerprint density at radius 1 is 0.485 bits per heavy atom. The Morgan fingerprint density at radius 2 is 0.894 bits per heavy atom. The summed E-state index contributed by atoms with van der Waals surface area (Å²) in [5.41, 5.74) is 0. The molecule has 2 aliphatic rings. The zero-order valence-corrected chi connectivity index (χ0v) is 41.4. The number of unbranched alkanes of at least 4 members (excludes halogenated alkanes) is 27. The Bertz CT molecular complexity index is 1140. The zero-order valence-electron chi connectivity index (χ0n) is 41.4. The first-order valence-corrected chi connectivity index (χ1v) is 26.8. The second-order valence-corrected chi connectivity index (χ2v) is 19.1. The molecule has 14 nitrogen and oxygen atoms in total. The first-order valence-electron chi connectivity index (χ1n) is 26.8. The van der Waals surface area contributed by atoms with Crippen LogP contribution in [-0.4, -0.2) is 142 Å². The van der Waals surface area contributed by atoms with Crippen LogP contribution in [0.5, 0.6) is 0 Å². The number of aliphatic hydroxyl groups is 7. The van der Waals surface area contributed by atoms with Crippen molar-refractivity contribution in [2.75, 3.05) is 33.0 Å². The van der Waals surface area contributed by atoms with E-state index in [-0.39, 0.29) is 25.6 Å². The van der Waals surface area contributed by atoms with Crippen molar-refractivity contribution in [2.24, 2.45) is 0 Å². The number of carbonyl (C=O) groups is 1. The van der Waals surface area contributed by atoms with Gasteiger partial charge in [0.25, 0.3) is 0 Å². The zero-order chi connectivity index (χ0) is 48.0. The monoisotopic (exact) mass is 947 g/mol. The smallest absolute Gasteiger partial charge is 0.306 e.